The molecule has 0 N–H and O–H groups in total. The summed E-state index contributed by atoms with van der Waals surface area (Å²) in [6.45, 7) is 2.03. The Balaban J connectivity index is 2.25. The highest BCUT2D eigenvalue weighted by Gasteiger charge is 2.02. The Morgan fingerprint density at radius 3 is 2.26 bits per heavy atom. The molecule has 2 aromatic carbocycles. The Labute approximate surface area is 134 Å². The molecule has 0 amide bonds. The minimum absolute atomic E-state index is 0.132. The highest BCUT2D eigenvalue weighted by molar-refractivity contribution is 5.47. The molecule has 0 radical (unpaired) electrons. The fourth-order valence-corrected chi connectivity index (χ4v) is 2.03. The molecule has 0 aliphatic heterocycles. The molecular weight excluding hydrogens is 292 g/mol. The lowest BCUT2D eigenvalue weighted by molar-refractivity contribution is 0.621. The van der Waals surface area contributed by atoms with Gasteiger partial charge in [-0.2, -0.15) is 5.26 Å². The van der Waals surface area contributed by atoms with Gasteiger partial charge in [-0.05, 0) is 48.2 Å². The van der Waals surface area contributed by atoms with Gasteiger partial charge in [0, 0.05) is 11.5 Å². The first-order chi connectivity index (χ1) is 11.1. The molecule has 3 heteroatoms. The topological polar surface area (TPSA) is 23.8 Å². The van der Waals surface area contributed by atoms with Gasteiger partial charge in [-0.15, -0.1) is 0 Å². The number of benzene rings is 2. The highest BCUT2D eigenvalue weighted by atomic mass is 19.1. The third kappa shape index (κ3) is 4.44. The van der Waals surface area contributed by atoms with E-state index in [0.29, 0.717) is 5.56 Å². The predicted molar refractivity (Wildman–Crippen MR) is 85.3 cm³/mol. The first-order valence-electron chi connectivity index (χ1n) is 7.14. The Hall–Kier alpha value is -3.09. The van der Waals surface area contributed by atoms with Gasteiger partial charge >= 0.3 is 0 Å². The summed E-state index contributed by atoms with van der Waals surface area (Å²) in [5.74, 6) is 9.04. The molecule has 0 bridgehead atoms. The van der Waals surface area contributed by atoms with Gasteiger partial charge in [0.2, 0.25) is 0 Å². The zero-order chi connectivity index (χ0) is 16.7. The fourth-order valence-electron chi connectivity index (χ4n) is 2.03. The third-order valence-electron chi connectivity index (χ3n) is 3.14. The normalized spacial score (nSPS) is 9.13. The van der Waals surface area contributed by atoms with Crippen molar-refractivity contribution in [3.8, 4) is 29.8 Å². The molecule has 0 saturated carbocycles. The van der Waals surface area contributed by atoms with E-state index in [4.69, 9.17) is 5.26 Å². The van der Waals surface area contributed by atoms with Crippen molar-refractivity contribution >= 4 is 0 Å². The van der Waals surface area contributed by atoms with E-state index in [-0.39, 0.29) is 16.9 Å². The van der Waals surface area contributed by atoms with E-state index in [1.54, 1.807) is 18.2 Å². The van der Waals surface area contributed by atoms with Gasteiger partial charge in [0.25, 0.3) is 0 Å². The van der Waals surface area contributed by atoms with Crippen LogP contribution in [-0.2, 0) is 6.42 Å². The van der Waals surface area contributed by atoms with Crippen molar-refractivity contribution in [3.05, 3.63) is 70.3 Å². The standard InChI is InChI=1S/C20H13F2N/c1-2-4-15-6-10-18(20(22)13-15)11-8-16-7-9-17(5-3-12-23)19(21)14-16/h6-7,9-10,13-14H,2,4H2,1H3. The van der Waals surface area contributed by atoms with Gasteiger partial charge in [-0.25, -0.2) is 8.78 Å². The van der Waals surface area contributed by atoms with Crippen LogP contribution in [0.5, 0.6) is 0 Å². The van der Waals surface area contributed by atoms with Crippen molar-refractivity contribution in [1.82, 2.24) is 0 Å². The maximum absolute atomic E-state index is 13.9. The average molecular weight is 305 g/mol. The molecule has 0 fully saturated rings. The molecule has 0 saturated heterocycles. The van der Waals surface area contributed by atoms with E-state index >= 15 is 0 Å². The summed E-state index contributed by atoms with van der Waals surface area (Å²) in [6.07, 6.45) is 1.77. The van der Waals surface area contributed by atoms with Gasteiger partial charge in [-0.1, -0.05) is 31.3 Å². The highest BCUT2D eigenvalue weighted by Crippen LogP contribution is 2.12. The van der Waals surface area contributed by atoms with E-state index < -0.39 is 5.82 Å². The van der Waals surface area contributed by atoms with Crippen LogP contribution in [0.3, 0.4) is 0 Å². The fraction of sp³-hybridized carbons (Fsp3) is 0.150. The molecule has 0 atom stereocenters. The Morgan fingerprint density at radius 1 is 0.913 bits per heavy atom. The van der Waals surface area contributed by atoms with E-state index in [9.17, 15) is 8.78 Å². The molecule has 23 heavy (non-hydrogen) atoms. The lowest BCUT2D eigenvalue weighted by Crippen LogP contribution is -1.89. The third-order valence-corrected chi connectivity index (χ3v) is 3.14. The molecule has 2 rings (SSSR count). The van der Waals surface area contributed by atoms with Crippen molar-refractivity contribution in [2.75, 3.05) is 0 Å². The summed E-state index contributed by atoms with van der Waals surface area (Å²) in [6, 6.07) is 10.8. The molecule has 0 heterocycles. The van der Waals surface area contributed by atoms with Crippen molar-refractivity contribution in [1.29, 1.82) is 5.26 Å². The van der Waals surface area contributed by atoms with Crippen LogP contribution in [0.1, 0.15) is 35.6 Å². The molecule has 0 aliphatic rings. The largest absolute Gasteiger partial charge is 0.206 e. The second kappa shape index (κ2) is 7.79. The van der Waals surface area contributed by atoms with E-state index in [1.807, 2.05) is 13.0 Å². The monoisotopic (exact) mass is 305 g/mol. The second-order valence-corrected chi connectivity index (χ2v) is 4.87. The maximum Gasteiger partial charge on any atom is 0.152 e. The number of nitriles is 1. The number of aryl methyl sites for hydroxylation is 1. The smallest absolute Gasteiger partial charge is 0.152 e. The van der Waals surface area contributed by atoms with Crippen LogP contribution >= 0.6 is 0 Å². The number of rotatable bonds is 2. The van der Waals surface area contributed by atoms with E-state index in [2.05, 4.69) is 23.7 Å². The molecule has 0 aromatic heterocycles. The molecular formula is C20H13F2N. The van der Waals surface area contributed by atoms with Crippen molar-refractivity contribution in [2.24, 2.45) is 0 Å². The zero-order valence-corrected chi connectivity index (χ0v) is 12.6. The van der Waals surface area contributed by atoms with E-state index in [1.165, 1.54) is 18.2 Å². The molecule has 1 nitrogen and oxygen atoms in total. The first-order valence-corrected chi connectivity index (χ1v) is 7.14. The number of nitrogens with zero attached hydrogens (tertiary/aromatic N) is 1. The quantitative estimate of drug-likeness (QED) is 0.763. The van der Waals surface area contributed by atoms with Crippen LogP contribution in [0.4, 0.5) is 8.78 Å². The van der Waals surface area contributed by atoms with Gasteiger partial charge in [-0.3, -0.25) is 0 Å². The maximum atomic E-state index is 13.9. The first kappa shape index (κ1) is 16.3. The summed E-state index contributed by atoms with van der Waals surface area (Å²) in [7, 11) is 0. The molecule has 0 spiro atoms. The van der Waals surface area contributed by atoms with Gasteiger partial charge in [0.15, 0.2) is 6.07 Å². The number of hydrogen-bond donors (Lipinski definition) is 0. The van der Waals surface area contributed by atoms with Crippen molar-refractivity contribution in [2.45, 2.75) is 19.8 Å². The lowest BCUT2D eigenvalue weighted by atomic mass is 10.1. The van der Waals surface area contributed by atoms with Crippen LogP contribution in [0, 0.1) is 46.6 Å². The zero-order valence-electron chi connectivity index (χ0n) is 12.6. The average Bonchev–Trinajstić information content (AvgIpc) is 2.53. The summed E-state index contributed by atoms with van der Waals surface area (Å²) in [5, 5.41) is 8.36. The number of halogens is 2. The Morgan fingerprint density at radius 2 is 1.61 bits per heavy atom. The van der Waals surface area contributed by atoms with Gasteiger partial charge in [0.1, 0.15) is 11.6 Å². The summed E-state index contributed by atoms with van der Waals surface area (Å²) in [4.78, 5) is 0. The minimum Gasteiger partial charge on any atom is -0.206 e. The number of hydrogen-bond acceptors (Lipinski definition) is 1. The Kier molecular flexibility index (Phi) is 5.51. The Bertz CT molecular complexity index is 884. The molecule has 0 aliphatic carbocycles. The van der Waals surface area contributed by atoms with Crippen molar-refractivity contribution < 1.29 is 8.78 Å². The summed E-state index contributed by atoms with van der Waals surface area (Å²) < 4.78 is 27.7. The van der Waals surface area contributed by atoms with E-state index in [0.717, 1.165) is 18.4 Å². The van der Waals surface area contributed by atoms with Crippen LogP contribution in [0.2, 0.25) is 0 Å². The molecule has 2 aromatic rings. The second-order valence-electron chi connectivity index (χ2n) is 4.87. The lowest BCUT2D eigenvalue weighted by Gasteiger charge is -2.00. The minimum atomic E-state index is -0.557. The van der Waals surface area contributed by atoms with Crippen LogP contribution in [-0.4, -0.2) is 0 Å². The molecule has 112 valence electrons. The molecule has 0 unspecified atom stereocenters. The van der Waals surface area contributed by atoms with Gasteiger partial charge < -0.3 is 0 Å². The van der Waals surface area contributed by atoms with Gasteiger partial charge in [0.05, 0.1) is 11.1 Å². The summed E-state index contributed by atoms with van der Waals surface area (Å²) in [5.41, 5.74) is 1.76. The SMILES string of the molecule is CCCc1ccc(C#Cc2ccc(C#CC#N)c(F)c2)c(F)c1. The van der Waals surface area contributed by atoms with Crippen LogP contribution < -0.4 is 0 Å². The van der Waals surface area contributed by atoms with Crippen LogP contribution in [0.25, 0.3) is 0 Å². The summed E-state index contributed by atoms with van der Waals surface area (Å²) >= 11 is 0. The van der Waals surface area contributed by atoms with Crippen molar-refractivity contribution in [3.63, 3.8) is 0 Å². The predicted octanol–water partition coefficient (Wildman–Crippen LogP) is 4.19. The van der Waals surface area contributed by atoms with Crippen LogP contribution in [0.15, 0.2) is 36.4 Å².